The molecule has 2 heterocycles. The molecule has 0 amide bonds. The molecule has 0 saturated carbocycles. The van der Waals surface area contributed by atoms with Gasteiger partial charge < -0.3 is 0 Å². The lowest BCUT2D eigenvalue weighted by molar-refractivity contribution is 0.624. The molecule has 0 spiro atoms. The Balaban J connectivity index is 2.55. The fraction of sp³-hybridized carbons (Fsp3) is 0. The van der Waals surface area contributed by atoms with Crippen LogP contribution in [0, 0.1) is 5.82 Å². The van der Waals surface area contributed by atoms with E-state index in [0.717, 1.165) is 0 Å². The SMILES string of the molecule is Fc1cnccc1-c1ccn[nH]1. The fourth-order valence-corrected chi connectivity index (χ4v) is 1.000. The van der Waals surface area contributed by atoms with Gasteiger partial charge in [-0.05, 0) is 12.1 Å². The van der Waals surface area contributed by atoms with Crippen LogP contribution in [0.15, 0.2) is 30.7 Å². The highest BCUT2D eigenvalue weighted by atomic mass is 19.1. The molecule has 2 aromatic heterocycles. The molecule has 0 bridgehead atoms. The third-order valence-corrected chi connectivity index (χ3v) is 1.56. The van der Waals surface area contributed by atoms with E-state index in [4.69, 9.17) is 0 Å². The average molecular weight is 163 g/mol. The highest BCUT2D eigenvalue weighted by molar-refractivity contribution is 5.58. The molecule has 60 valence electrons. The number of pyridine rings is 1. The van der Waals surface area contributed by atoms with E-state index in [1.54, 1.807) is 24.5 Å². The number of nitrogens with zero attached hydrogens (tertiary/aromatic N) is 2. The number of hydrogen-bond acceptors (Lipinski definition) is 2. The number of hydrogen-bond donors (Lipinski definition) is 1. The predicted molar refractivity (Wildman–Crippen MR) is 41.8 cm³/mol. The topological polar surface area (TPSA) is 41.6 Å². The van der Waals surface area contributed by atoms with Crippen LogP contribution in [0.5, 0.6) is 0 Å². The van der Waals surface area contributed by atoms with E-state index in [2.05, 4.69) is 15.2 Å². The maximum atomic E-state index is 13.0. The zero-order valence-electron chi connectivity index (χ0n) is 6.16. The van der Waals surface area contributed by atoms with Gasteiger partial charge in [0.1, 0.15) is 0 Å². The largest absolute Gasteiger partial charge is 0.278 e. The molecule has 0 radical (unpaired) electrons. The quantitative estimate of drug-likeness (QED) is 0.693. The Morgan fingerprint density at radius 2 is 2.17 bits per heavy atom. The van der Waals surface area contributed by atoms with E-state index < -0.39 is 0 Å². The molecule has 4 heteroatoms. The molecule has 0 aliphatic rings. The van der Waals surface area contributed by atoms with Gasteiger partial charge >= 0.3 is 0 Å². The summed E-state index contributed by atoms with van der Waals surface area (Å²) in [5, 5.41) is 6.40. The summed E-state index contributed by atoms with van der Waals surface area (Å²) in [6.07, 6.45) is 4.30. The second-order valence-corrected chi connectivity index (χ2v) is 2.33. The van der Waals surface area contributed by atoms with Crippen LogP contribution in [-0.4, -0.2) is 15.2 Å². The number of aromatic nitrogens is 3. The van der Waals surface area contributed by atoms with Crippen LogP contribution in [0.2, 0.25) is 0 Å². The van der Waals surface area contributed by atoms with E-state index in [9.17, 15) is 4.39 Å². The fourth-order valence-electron chi connectivity index (χ4n) is 1.000. The van der Waals surface area contributed by atoms with Gasteiger partial charge in [-0.25, -0.2) is 4.39 Å². The maximum absolute atomic E-state index is 13.0. The zero-order chi connectivity index (χ0) is 8.39. The summed E-state index contributed by atoms with van der Waals surface area (Å²) in [5.41, 5.74) is 1.15. The van der Waals surface area contributed by atoms with Gasteiger partial charge in [0.2, 0.25) is 0 Å². The molecule has 0 aliphatic heterocycles. The van der Waals surface area contributed by atoms with E-state index in [-0.39, 0.29) is 5.82 Å². The van der Waals surface area contributed by atoms with Crippen LogP contribution in [0.3, 0.4) is 0 Å². The van der Waals surface area contributed by atoms with E-state index in [0.29, 0.717) is 11.3 Å². The summed E-state index contributed by atoms with van der Waals surface area (Å²) in [6, 6.07) is 3.31. The molecule has 2 aromatic rings. The second kappa shape index (κ2) is 2.73. The van der Waals surface area contributed by atoms with Crippen molar-refractivity contribution >= 4 is 0 Å². The lowest BCUT2D eigenvalue weighted by atomic mass is 10.2. The van der Waals surface area contributed by atoms with Crippen molar-refractivity contribution in [2.75, 3.05) is 0 Å². The van der Waals surface area contributed by atoms with Crippen molar-refractivity contribution in [1.29, 1.82) is 0 Å². The molecule has 3 nitrogen and oxygen atoms in total. The lowest BCUT2D eigenvalue weighted by Crippen LogP contribution is -1.85. The van der Waals surface area contributed by atoms with E-state index in [1.165, 1.54) is 6.20 Å². The predicted octanol–water partition coefficient (Wildman–Crippen LogP) is 1.61. The smallest absolute Gasteiger partial charge is 0.150 e. The number of aromatic amines is 1. The Labute approximate surface area is 68.3 Å². The minimum Gasteiger partial charge on any atom is -0.278 e. The monoisotopic (exact) mass is 163 g/mol. The summed E-state index contributed by atoms with van der Waals surface area (Å²) >= 11 is 0. The van der Waals surface area contributed by atoms with Crippen LogP contribution < -0.4 is 0 Å². The first-order valence-electron chi connectivity index (χ1n) is 3.47. The Morgan fingerprint density at radius 3 is 2.83 bits per heavy atom. The third-order valence-electron chi connectivity index (χ3n) is 1.56. The molecule has 0 unspecified atom stereocenters. The number of halogens is 1. The van der Waals surface area contributed by atoms with Gasteiger partial charge in [0.05, 0.1) is 11.9 Å². The van der Waals surface area contributed by atoms with Crippen molar-refractivity contribution in [3.63, 3.8) is 0 Å². The van der Waals surface area contributed by atoms with Gasteiger partial charge in [-0.3, -0.25) is 10.1 Å². The van der Waals surface area contributed by atoms with Crippen LogP contribution in [0.4, 0.5) is 4.39 Å². The molecule has 12 heavy (non-hydrogen) atoms. The number of rotatable bonds is 1. The van der Waals surface area contributed by atoms with Gasteiger partial charge in [-0.15, -0.1) is 0 Å². The van der Waals surface area contributed by atoms with Crippen molar-refractivity contribution in [3.8, 4) is 11.3 Å². The highest BCUT2D eigenvalue weighted by Crippen LogP contribution is 2.17. The van der Waals surface area contributed by atoms with Crippen molar-refractivity contribution < 1.29 is 4.39 Å². The standard InChI is InChI=1S/C8H6FN3/c9-7-5-10-3-1-6(7)8-2-4-11-12-8/h1-5H,(H,11,12). The summed E-state index contributed by atoms with van der Waals surface area (Å²) in [5.74, 6) is -0.346. The summed E-state index contributed by atoms with van der Waals surface area (Å²) in [7, 11) is 0. The summed E-state index contributed by atoms with van der Waals surface area (Å²) in [4.78, 5) is 3.65. The van der Waals surface area contributed by atoms with Crippen LogP contribution in [0.25, 0.3) is 11.3 Å². The third kappa shape index (κ3) is 1.07. The molecular weight excluding hydrogens is 157 g/mol. The van der Waals surface area contributed by atoms with Gasteiger partial charge in [0.15, 0.2) is 5.82 Å². The summed E-state index contributed by atoms with van der Waals surface area (Å²) < 4.78 is 13.0. The first-order valence-corrected chi connectivity index (χ1v) is 3.47. The van der Waals surface area contributed by atoms with Crippen molar-refractivity contribution in [2.24, 2.45) is 0 Å². The second-order valence-electron chi connectivity index (χ2n) is 2.33. The van der Waals surface area contributed by atoms with Gasteiger partial charge in [0, 0.05) is 18.0 Å². The molecule has 0 saturated heterocycles. The highest BCUT2D eigenvalue weighted by Gasteiger charge is 2.03. The lowest BCUT2D eigenvalue weighted by Gasteiger charge is -1.96. The first-order chi connectivity index (χ1) is 5.88. The number of H-pyrrole nitrogens is 1. The minimum absolute atomic E-state index is 0.346. The Hall–Kier alpha value is -1.71. The minimum atomic E-state index is -0.346. The molecule has 0 fully saturated rings. The summed E-state index contributed by atoms with van der Waals surface area (Å²) in [6.45, 7) is 0. The Bertz CT molecular complexity index is 370. The van der Waals surface area contributed by atoms with Crippen molar-refractivity contribution in [2.45, 2.75) is 0 Å². The van der Waals surface area contributed by atoms with E-state index >= 15 is 0 Å². The number of nitrogens with one attached hydrogen (secondary N) is 1. The average Bonchev–Trinajstić information content (AvgIpc) is 2.57. The molecule has 0 aromatic carbocycles. The Morgan fingerprint density at radius 1 is 1.25 bits per heavy atom. The van der Waals surface area contributed by atoms with Gasteiger partial charge in [-0.1, -0.05) is 0 Å². The van der Waals surface area contributed by atoms with Crippen LogP contribution in [-0.2, 0) is 0 Å². The van der Waals surface area contributed by atoms with Crippen LogP contribution in [0.1, 0.15) is 0 Å². The van der Waals surface area contributed by atoms with Crippen molar-refractivity contribution in [1.82, 2.24) is 15.2 Å². The Kier molecular flexibility index (Phi) is 1.59. The molecular formula is C8H6FN3. The van der Waals surface area contributed by atoms with Gasteiger partial charge in [0.25, 0.3) is 0 Å². The van der Waals surface area contributed by atoms with E-state index in [1.807, 2.05) is 0 Å². The van der Waals surface area contributed by atoms with Crippen molar-refractivity contribution in [3.05, 3.63) is 36.5 Å². The normalized spacial score (nSPS) is 10.1. The molecule has 1 N–H and O–H groups in total. The zero-order valence-corrected chi connectivity index (χ0v) is 6.16. The molecule has 2 rings (SSSR count). The maximum Gasteiger partial charge on any atom is 0.150 e. The van der Waals surface area contributed by atoms with Gasteiger partial charge in [-0.2, -0.15) is 5.10 Å². The molecule has 0 aliphatic carbocycles. The molecule has 0 atom stereocenters. The van der Waals surface area contributed by atoms with Crippen LogP contribution >= 0.6 is 0 Å². The first kappa shape index (κ1) is 6.97.